The van der Waals surface area contributed by atoms with Gasteiger partial charge in [-0.15, -0.1) is 0 Å². The van der Waals surface area contributed by atoms with Gasteiger partial charge in [0, 0.05) is 11.2 Å². The van der Waals surface area contributed by atoms with Crippen LogP contribution in [0.1, 0.15) is 33.4 Å². The van der Waals surface area contributed by atoms with Gasteiger partial charge in [-0.05, 0) is 0 Å². The average molecular weight is 339 g/mol. The second-order valence-corrected chi connectivity index (χ2v) is 8.32. The predicted molar refractivity (Wildman–Crippen MR) is 87.0 cm³/mol. The molecule has 2 aromatic heterocycles. The van der Waals surface area contributed by atoms with Crippen LogP contribution in [-0.2, 0) is 4.74 Å². The number of anilines is 1. The van der Waals surface area contributed by atoms with Crippen LogP contribution in [-0.4, -0.2) is 53.3 Å². The van der Waals surface area contributed by atoms with Gasteiger partial charge in [-0.2, -0.15) is 0 Å². The predicted octanol–water partition coefficient (Wildman–Crippen LogP) is 0.940. The number of fused-ring (bicyclic) bond motifs is 1. The highest BCUT2D eigenvalue weighted by Crippen LogP contribution is 2.39. The quantitative estimate of drug-likeness (QED) is 0.707. The van der Waals surface area contributed by atoms with Crippen LogP contribution in [0.5, 0.6) is 0 Å². The lowest BCUT2D eigenvalue weighted by atomic mass is 10.2. The number of nitrogens with two attached hydrogens (primary N) is 1. The molecule has 0 bridgehead atoms. The van der Waals surface area contributed by atoms with E-state index in [1.807, 2.05) is 4.57 Å². The van der Waals surface area contributed by atoms with Crippen molar-refractivity contribution in [2.75, 3.05) is 12.3 Å². The van der Waals surface area contributed by atoms with Gasteiger partial charge in [-0.25, -0.2) is 15.0 Å². The van der Waals surface area contributed by atoms with Crippen molar-refractivity contribution >= 4 is 28.7 Å². The van der Waals surface area contributed by atoms with Gasteiger partial charge in [0.05, 0.1) is 12.7 Å². The Labute approximate surface area is 138 Å². The molecule has 9 heteroatoms. The topological polar surface area (TPSA) is 119 Å². The number of imidazole rings is 1. The summed E-state index contributed by atoms with van der Waals surface area (Å²) in [7, 11) is 0. The normalized spacial score (nSPS) is 25.3. The molecule has 2 aromatic rings. The second-order valence-electron chi connectivity index (χ2n) is 6.52. The van der Waals surface area contributed by atoms with Crippen LogP contribution in [0.2, 0.25) is 0 Å². The molecular formula is C14H21N5O3S. The molecular weight excluding hydrogens is 318 g/mol. The SMILES string of the molecule is CC(C)(C)Sc1nc2c(N)ncnc2n1[C@H]1CC(O)[C@@H](CO)O1. The number of ether oxygens (including phenoxy) is 1. The number of hydrogen-bond acceptors (Lipinski definition) is 8. The fourth-order valence-electron chi connectivity index (χ4n) is 2.55. The van der Waals surface area contributed by atoms with E-state index in [0.717, 1.165) is 0 Å². The molecule has 8 nitrogen and oxygen atoms in total. The number of aliphatic hydroxyl groups is 2. The van der Waals surface area contributed by atoms with Crippen molar-refractivity contribution in [2.45, 2.75) is 55.5 Å². The molecule has 1 unspecified atom stereocenters. The van der Waals surface area contributed by atoms with Crippen molar-refractivity contribution < 1.29 is 14.9 Å². The average Bonchev–Trinajstić information content (AvgIpc) is 2.98. The first kappa shape index (κ1) is 16.4. The minimum atomic E-state index is -0.728. The van der Waals surface area contributed by atoms with Gasteiger partial charge in [-0.1, -0.05) is 32.5 Å². The molecule has 1 aliphatic rings. The van der Waals surface area contributed by atoms with E-state index >= 15 is 0 Å². The van der Waals surface area contributed by atoms with Crippen LogP contribution in [0.25, 0.3) is 11.2 Å². The molecule has 23 heavy (non-hydrogen) atoms. The van der Waals surface area contributed by atoms with Gasteiger partial charge in [0.2, 0.25) is 0 Å². The van der Waals surface area contributed by atoms with E-state index in [1.165, 1.54) is 6.33 Å². The van der Waals surface area contributed by atoms with Crippen molar-refractivity contribution in [3.05, 3.63) is 6.33 Å². The van der Waals surface area contributed by atoms with Crippen molar-refractivity contribution in [1.29, 1.82) is 0 Å². The summed E-state index contributed by atoms with van der Waals surface area (Å²) in [6, 6.07) is 0. The van der Waals surface area contributed by atoms with E-state index in [9.17, 15) is 10.2 Å². The Morgan fingerprint density at radius 3 is 2.78 bits per heavy atom. The first-order chi connectivity index (χ1) is 10.8. The third-order valence-corrected chi connectivity index (χ3v) is 4.63. The number of nitrogen functional groups attached to an aromatic ring is 1. The Bertz CT molecular complexity index is 714. The Balaban J connectivity index is 2.10. The van der Waals surface area contributed by atoms with Gasteiger partial charge in [0.15, 0.2) is 22.1 Å². The van der Waals surface area contributed by atoms with Gasteiger partial charge in [0.25, 0.3) is 0 Å². The molecule has 126 valence electrons. The fourth-order valence-corrected chi connectivity index (χ4v) is 3.54. The maximum Gasteiger partial charge on any atom is 0.173 e. The number of hydrogen-bond donors (Lipinski definition) is 3. The Morgan fingerprint density at radius 2 is 2.17 bits per heavy atom. The third kappa shape index (κ3) is 3.14. The molecule has 3 heterocycles. The van der Waals surface area contributed by atoms with Crippen molar-refractivity contribution in [3.8, 4) is 0 Å². The molecule has 1 fully saturated rings. The lowest BCUT2D eigenvalue weighted by Gasteiger charge is -2.21. The zero-order valence-electron chi connectivity index (χ0n) is 13.3. The maximum atomic E-state index is 10.0. The highest BCUT2D eigenvalue weighted by molar-refractivity contribution is 8.00. The number of nitrogens with zero attached hydrogens (tertiary/aromatic N) is 4. The zero-order chi connectivity index (χ0) is 16.8. The molecule has 0 spiro atoms. The lowest BCUT2D eigenvalue weighted by Crippen LogP contribution is -2.24. The summed E-state index contributed by atoms with van der Waals surface area (Å²) in [6.07, 6.45) is -0.0428. The molecule has 0 aromatic carbocycles. The molecule has 1 aliphatic heterocycles. The van der Waals surface area contributed by atoms with Gasteiger partial charge >= 0.3 is 0 Å². The fraction of sp³-hybridized carbons (Fsp3) is 0.643. The van der Waals surface area contributed by atoms with Crippen molar-refractivity contribution in [3.63, 3.8) is 0 Å². The van der Waals surface area contributed by atoms with Crippen molar-refractivity contribution in [1.82, 2.24) is 19.5 Å². The van der Waals surface area contributed by atoms with Gasteiger partial charge in [-0.3, -0.25) is 4.57 Å². The Morgan fingerprint density at radius 1 is 1.43 bits per heavy atom. The second kappa shape index (κ2) is 5.90. The maximum absolute atomic E-state index is 10.0. The molecule has 3 atom stereocenters. The number of aliphatic hydroxyl groups excluding tert-OH is 2. The minimum Gasteiger partial charge on any atom is -0.394 e. The number of aromatic nitrogens is 4. The van der Waals surface area contributed by atoms with Crippen LogP contribution in [0.4, 0.5) is 5.82 Å². The number of thioether (sulfide) groups is 1. The first-order valence-corrected chi connectivity index (χ1v) is 8.23. The van der Waals surface area contributed by atoms with E-state index in [1.54, 1.807) is 11.8 Å². The molecule has 0 radical (unpaired) electrons. The van der Waals surface area contributed by atoms with Gasteiger partial charge < -0.3 is 20.7 Å². The van der Waals surface area contributed by atoms with Gasteiger partial charge in [0.1, 0.15) is 18.7 Å². The summed E-state index contributed by atoms with van der Waals surface area (Å²) < 4.78 is 7.54. The van der Waals surface area contributed by atoms with E-state index < -0.39 is 18.4 Å². The highest BCUT2D eigenvalue weighted by Gasteiger charge is 2.37. The van der Waals surface area contributed by atoms with E-state index in [4.69, 9.17) is 10.5 Å². The molecule has 4 N–H and O–H groups in total. The van der Waals surface area contributed by atoms with Crippen LogP contribution in [0.15, 0.2) is 11.5 Å². The molecule has 0 saturated carbocycles. The molecule has 0 amide bonds. The summed E-state index contributed by atoms with van der Waals surface area (Å²) in [5.74, 6) is 0.307. The summed E-state index contributed by atoms with van der Waals surface area (Å²) in [4.78, 5) is 12.8. The first-order valence-electron chi connectivity index (χ1n) is 7.42. The Hall–Kier alpha value is -1.42. The van der Waals surface area contributed by atoms with Crippen LogP contribution < -0.4 is 5.73 Å². The number of rotatable bonds is 3. The summed E-state index contributed by atoms with van der Waals surface area (Å²) in [6.45, 7) is 6.01. The van der Waals surface area contributed by atoms with Crippen LogP contribution in [0, 0.1) is 0 Å². The van der Waals surface area contributed by atoms with E-state index in [0.29, 0.717) is 28.6 Å². The molecule has 1 saturated heterocycles. The summed E-state index contributed by atoms with van der Waals surface area (Å²) in [5, 5.41) is 20.0. The smallest absolute Gasteiger partial charge is 0.173 e. The monoisotopic (exact) mass is 339 g/mol. The standard InChI is InChI=1S/C14H21N5O3S/c1-14(2,3)23-13-18-10-11(15)16-6-17-12(10)19(13)9-4-7(21)8(5-20)22-9/h6-9,20-21H,4-5H2,1-3H3,(H2,15,16,17)/t7?,8-,9-/m1/s1. The molecule has 0 aliphatic carbocycles. The zero-order valence-corrected chi connectivity index (χ0v) is 14.1. The lowest BCUT2D eigenvalue weighted by molar-refractivity contribution is -0.0458. The largest absolute Gasteiger partial charge is 0.394 e. The van der Waals surface area contributed by atoms with E-state index in [-0.39, 0.29) is 11.4 Å². The van der Waals surface area contributed by atoms with Crippen LogP contribution in [0.3, 0.4) is 0 Å². The summed E-state index contributed by atoms with van der Waals surface area (Å²) in [5.41, 5.74) is 7.00. The highest BCUT2D eigenvalue weighted by atomic mass is 32.2. The Kier molecular flexibility index (Phi) is 4.21. The van der Waals surface area contributed by atoms with Crippen molar-refractivity contribution in [2.24, 2.45) is 0 Å². The van der Waals surface area contributed by atoms with E-state index in [2.05, 4.69) is 35.7 Å². The van der Waals surface area contributed by atoms with Crippen LogP contribution >= 0.6 is 11.8 Å². The molecule has 3 rings (SSSR count). The third-order valence-electron chi connectivity index (χ3n) is 3.54. The summed E-state index contributed by atoms with van der Waals surface area (Å²) >= 11 is 1.56. The minimum absolute atomic E-state index is 0.0745.